The number of hydrogen-bond acceptors (Lipinski definition) is 5. The number of likely N-dealkylation sites (N-methyl/N-ethyl adjacent to an activating group) is 1. The van der Waals surface area contributed by atoms with E-state index in [9.17, 15) is 10.1 Å². The highest BCUT2D eigenvalue weighted by Gasteiger charge is 2.15. The van der Waals surface area contributed by atoms with Crippen molar-refractivity contribution in [2.24, 2.45) is 0 Å². The lowest BCUT2D eigenvalue weighted by Gasteiger charge is -2.13. The van der Waals surface area contributed by atoms with E-state index < -0.39 is 0 Å². The van der Waals surface area contributed by atoms with Gasteiger partial charge in [0.05, 0.1) is 16.7 Å². The molecule has 2 aromatic carbocycles. The third-order valence-electron chi connectivity index (χ3n) is 3.84. The van der Waals surface area contributed by atoms with E-state index in [-0.39, 0.29) is 16.7 Å². The van der Waals surface area contributed by atoms with Crippen LogP contribution in [0.4, 0.5) is 5.69 Å². The summed E-state index contributed by atoms with van der Waals surface area (Å²) >= 11 is 1.62. The summed E-state index contributed by atoms with van der Waals surface area (Å²) in [5.41, 5.74) is 3.24. The number of nitro benzene ring substituents is 1. The predicted molar refractivity (Wildman–Crippen MR) is 96.2 cm³/mol. The summed E-state index contributed by atoms with van der Waals surface area (Å²) in [7, 11) is 1.90. The zero-order valence-corrected chi connectivity index (χ0v) is 14.0. The molecule has 122 valence electrons. The average molecular weight is 339 g/mol. The molecule has 0 unspecified atom stereocenters. The third kappa shape index (κ3) is 3.67. The van der Waals surface area contributed by atoms with Gasteiger partial charge in [0.2, 0.25) is 0 Å². The van der Waals surface area contributed by atoms with Crippen LogP contribution in [-0.4, -0.2) is 17.0 Å². The van der Waals surface area contributed by atoms with E-state index in [0.29, 0.717) is 0 Å². The molecule has 3 rings (SSSR count). The second-order valence-electron chi connectivity index (χ2n) is 5.41. The van der Waals surface area contributed by atoms with Crippen LogP contribution in [-0.2, 0) is 6.42 Å². The van der Waals surface area contributed by atoms with Gasteiger partial charge in [-0.2, -0.15) is 0 Å². The van der Waals surface area contributed by atoms with Crippen LogP contribution in [0.15, 0.2) is 60.0 Å². The van der Waals surface area contributed by atoms with Crippen LogP contribution >= 0.6 is 11.3 Å². The first-order valence-electron chi connectivity index (χ1n) is 7.59. The lowest BCUT2D eigenvalue weighted by Crippen LogP contribution is -2.19. The van der Waals surface area contributed by atoms with E-state index in [4.69, 9.17) is 4.98 Å². The zero-order chi connectivity index (χ0) is 16.9. The lowest BCUT2D eigenvalue weighted by atomic mass is 10.0. The van der Waals surface area contributed by atoms with Gasteiger partial charge < -0.3 is 5.32 Å². The van der Waals surface area contributed by atoms with Crippen LogP contribution in [0.1, 0.15) is 17.3 Å². The molecule has 1 atom stereocenters. The number of nitro groups is 1. The van der Waals surface area contributed by atoms with Crippen LogP contribution in [0.2, 0.25) is 0 Å². The van der Waals surface area contributed by atoms with Gasteiger partial charge in [-0.3, -0.25) is 10.1 Å². The van der Waals surface area contributed by atoms with Gasteiger partial charge in [-0.05, 0) is 19.0 Å². The minimum atomic E-state index is -0.383. The van der Waals surface area contributed by atoms with Crippen molar-refractivity contribution >= 4 is 17.0 Å². The smallest absolute Gasteiger partial charge is 0.269 e. The molecule has 0 bridgehead atoms. The first-order chi connectivity index (χ1) is 11.7. The van der Waals surface area contributed by atoms with E-state index in [1.807, 2.05) is 37.4 Å². The molecule has 0 saturated carbocycles. The summed E-state index contributed by atoms with van der Waals surface area (Å²) < 4.78 is 0. The molecule has 1 N–H and O–H groups in total. The maximum atomic E-state index is 10.7. The molecule has 0 aliphatic heterocycles. The summed E-state index contributed by atoms with van der Waals surface area (Å²) in [6.07, 6.45) is 0.729. The molecular formula is C18H17N3O2S. The van der Waals surface area contributed by atoms with Gasteiger partial charge in [-0.15, -0.1) is 11.3 Å². The normalized spacial score (nSPS) is 12.0. The molecule has 1 aromatic heterocycles. The molecule has 0 fully saturated rings. The second kappa shape index (κ2) is 7.33. The number of nitrogens with one attached hydrogen (secondary N) is 1. The fourth-order valence-corrected chi connectivity index (χ4v) is 3.38. The predicted octanol–water partition coefficient (Wildman–Crippen LogP) is 4.22. The highest BCUT2D eigenvalue weighted by Crippen LogP contribution is 2.27. The number of benzene rings is 2. The Morgan fingerprint density at radius 3 is 2.50 bits per heavy atom. The van der Waals surface area contributed by atoms with Gasteiger partial charge in [0.1, 0.15) is 5.01 Å². The number of nitrogens with zero attached hydrogens (tertiary/aromatic N) is 2. The van der Waals surface area contributed by atoms with E-state index >= 15 is 0 Å². The molecule has 3 aromatic rings. The van der Waals surface area contributed by atoms with Crippen LogP contribution in [0.5, 0.6) is 0 Å². The average Bonchev–Trinajstić information content (AvgIpc) is 3.11. The highest BCUT2D eigenvalue weighted by molar-refractivity contribution is 7.13. The van der Waals surface area contributed by atoms with Crippen molar-refractivity contribution in [2.75, 3.05) is 7.05 Å². The molecule has 24 heavy (non-hydrogen) atoms. The van der Waals surface area contributed by atoms with Crippen molar-refractivity contribution in [3.63, 3.8) is 0 Å². The van der Waals surface area contributed by atoms with Gasteiger partial charge in [-0.25, -0.2) is 4.98 Å². The van der Waals surface area contributed by atoms with Crippen molar-refractivity contribution in [1.82, 2.24) is 10.3 Å². The Labute approximate surface area is 144 Å². The molecule has 0 saturated heterocycles. The molecule has 0 aliphatic rings. The Morgan fingerprint density at radius 1 is 1.17 bits per heavy atom. The number of thiazole rings is 1. The van der Waals surface area contributed by atoms with Crippen molar-refractivity contribution in [3.8, 4) is 10.6 Å². The molecular weight excluding hydrogens is 322 g/mol. The Bertz CT molecular complexity index is 816. The molecule has 5 nitrogen and oxygen atoms in total. The lowest BCUT2D eigenvalue weighted by molar-refractivity contribution is -0.384. The third-order valence-corrected chi connectivity index (χ3v) is 4.74. The molecule has 0 aliphatic carbocycles. The quantitative estimate of drug-likeness (QED) is 0.539. The van der Waals surface area contributed by atoms with Gasteiger partial charge in [0, 0.05) is 23.1 Å². The maximum Gasteiger partial charge on any atom is 0.269 e. The number of hydrogen-bond donors (Lipinski definition) is 1. The van der Waals surface area contributed by atoms with Crippen molar-refractivity contribution in [3.05, 3.63) is 81.3 Å². The number of aromatic nitrogens is 1. The Hall–Kier alpha value is -2.57. The van der Waals surface area contributed by atoms with Gasteiger partial charge >= 0.3 is 0 Å². The molecule has 6 heteroatoms. The molecule has 0 amide bonds. The molecule has 0 spiro atoms. The van der Waals surface area contributed by atoms with Crippen LogP contribution in [0.25, 0.3) is 10.6 Å². The zero-order valence-electron chi connectivity index (χ0n) is 13.2. The first-order valence-corrected chi connectivity index (χ1v) is 8.47. The minimum Gasteiger partial charge on any atom is -0.311 e. The summed E-state index contributed by atoms with van der Waals surface area (Å²) in [4.78, 5) is 15.1. The minimum absolute atomic E-state index is 0.0696. The summed E-state index contributed by atoms with van der Waals surface area (Å²) in [6.45, 7) is 0. The van der Waals surface area contributed by atoms with Crippen LogP contribution in [0.3, 0.4) is 0 Å². The summed E-state index contributed by atoms with van der Waals surface area (Å²) in [6, 6.07) is 16.8. The van der Waals surface area contributed by atoms with Gasteiger partial charge in [0.15, 0.2) is 0 Å². The van der Waals surface area contributed by atoms with Crippen LogP contribution < -0.4 is 5.32 Å². The van der Waals surface area contributed by atoms with E-state index in [1.165, 1.54) is 0 Å². The maximum absolute atomic E-state index is 10.7. The van der Waals surface area contributed by atoms with Gasteiger partial charge in [-0.1, -0.05) is 42.5 Å². The Morgan fingerprint density at radius 2 is 1.88 bits per heavy atom. The topological polar surface area (TPSA) is 68.1 Å². The SMILES string of the molecule is CN[C@@H](Cc1ccc([N+](=O)[O-])cc1)c1csc(-c2ccccc2)n1. The van der Waals surface area contributed by atoms with Crippen molar-refractivity contribution in [2.45, 2.75) is 12.5 Å². The standard InChI is InChI=1S/C18H17N3O2S/c1-19-16(11-13-7-9-15(10-8-13)21(22)23)17-12-24-18(20-17)14-5-3-2-4-6-14/h2-10,12,16,19H,11H2,1H3/t16-/m0/s1. The largest absolute Gasteiger partial charge is 0.311 e. The van der Waals surface area contributed by atoms with E-state index in [0.717, 1.165) is 28.2 Å². The fraction of sp³-hybridized carbons (Fsp3) is 0.167. The van der Waals surface area contributed by atoms with Crippen molar-refractivity contribution < 1.29 is 4.92 Å². The second-order valence-corrected chi connectivity index (χ2v) is 6.27. The monoisotopic (exact) mass is 339 g/mol. The number of non-ortho nitro benzene ring substituents is 1. The summed E-state index contributed by atoms with van der Waals surface area (Å²) in [5.74, 6) is 0. The first kappa shape index (κ1) is 16.3. The number of rotatable bonds is 6. The van der Waals surface area contributed by atoms with Crippen LogP contribution in [0, 0.1) is 10.1 Å². The molecule has 1 heterocycles. The van der Waals surface area contributed by atoms with E-state index in [2.05, 4.69) is 10.7 Å². The Balaban J connectivity index is 1.77. The Kier molecular flexibility index (Phi) is 4.98. The fourth-order valence-electron chi connectivity index (χ4n) is 2.50. The van der Waals surface area contributed by atoms with E-state index in [1.54, 1.807) is 35.6 Å². The summed E-state index contributed by atoms with van der Waals surface area (Å²) in [5, 5.41) is 17.1. The van der Waals surface area contributed by atoms with Crippen molar-refractivity contribution in [1.29, 1.82) is 0 Å². The molecule has 0 radical (unpaired) electrons. The van der Waals surface area contributed by atoms with Gasteiger partial charge in [0.25, 0.3) is 5.69 Å². The highest BCUT2D eigenvalue weighted by atomic mass is 32.1.